The molecule has 0 aromatic heterocycles. The van der Waals surface area contributed by atoms with Gasteiger partial charge in [-0.25, -0.2) is 0 Å². The second-order valence-corrected chi connectivity index (χ2v) is 4.01. The van der Waals surface area contributed by atoms with E-state index in [2.05, 4.69) is 12.2 Å². The Hall–Kier alpha value is -0.300. The minimum Gasteiger partial charge on any atom is -0.298 e. The van der Waals surface area contributed by atoms with Crippen molar-refractivity contribution in [3.63, 3.8) is 0 Å². The molecule has 0 radical (unpaired) electrons. The van der Waals surface area contributed by atoms with Gasteiger partial charge in [0, 0.05) is 11.8 Å². The van der Waals surface area contributed by atoms with Crippen LogP contribution in [-0.2, 0) is 4.79 Å². The molecule has 0 aromatic carbocycles. The molecule has 60 valence electrons. The lowest BCUT2D eigenvalue weighted by atomic mass is 9.79. The Kier molecular flexibility index (Phi) is 1.57. The number of hydrogen-bond acceptors (Lipinski definition) is 1. The van der Waals surface area contributed by atoms with Crippen LogP contribution in [0, 0.1) is 17.8 Å². The third kappa shape index (κ3) is 0.943. The molecule has 0 aliphatic heterocycles. The van der Waals surface area contributed by atoms with E-state index in [1.54, 1.807) is 0 Å². The van der Waals surface area contributed by atoms with E-state index in [-0.39, 0.29) is 17.1 Å². The molecule has 0 heterocycles. The zero-order valence-electron chi connectivity index (χ0n) is 6.46. The Bertz CT molecular complexity index is 202. The molecule has 2 rings (SSSR count). The highest BCUT2D eigenvalue weighted by Gasteiger charge is 2.41. The first-order valence-electron chi connectivity index (χ1n) is 4.06. The molecule has 0 aromatic rings. The number of halogens is 1. The number of ketones is 1. The zero-order chi connectivity index (χ0) is 8.01. The SMILES string of the molecule is C[C@@H]1C(=O)[C@@H](Cl)[C@@H]2C=C[C@H]1C2. The van der Waals surface area contributed by atoms with Gasteiger partial charge in [-0.1, -0.05) is 19.1 Å². The van der Waals surface area contributed by atoms with Crippen LogP contribution in [0.3, 0.4) is 0 Å². The summed E-state index contributed by atoms with van der Waals surface area (Å²) < 4.78 is 0. The molecule has 0 saturated heterocycles. The van der Waals surface area contributed by atoms with Crippen LogP contribution in [0.15, 0.2) is 12.2 Å². The molecular formula is C9H11ClO. The van der Waals surface area contributed by atoms with Gasteiger partial charge < -0.3 is 0 Å². The van der Waals surface area contributed by atoms with Crippen LogP contribution >= 0.6 is 11.6 Å². The van der Waals surface area contributed by atoms with Gasteiger partial charge in [-0.3, -0.25) is 4.79 Å². The number of carbonyl (C=O) groups is 1. The minimum atomic E-state index is -0.250. The molecule has 11 heavy (non-hydrogen) atoms. The highest BCUT2D eigenvalue weighted by atomic mass is 35.5. The second-order valence-electron chi connectivity index (χ2n) is 3.54. The lowest BCUT2D eigenvalue weighted by molar-refractivity contribution is -0.125. The Morgan fingerprint density at radius 1 is 1.45 bits per heavy atom. The molecule has 0 unspecified atom stereocenters. The number of fused-ring (bicyclic) bond motifs is 2. The normalized spacial score (nSPS) is 48.4. The molecule has 1 fully saturated rings. The van der Waals surface area contributed by atoms with Crippen molar-refractivity contribution in [3.05, 3.63) is 12.2 Å². The maximum atomic E-state index is 11.4. The van der Waals surface area contributed by atoms with Gasteiger partial charge in [0.25, 0.3) is 0 Å². The van der Waals surface area contributed by atoms with Crippen LogP contribution in [-0.4, -0.2) is 11.2 Å². The summed E-state index contributed by atoms with van der Waals surface area (Å²) in [6.07, 6.45) is 5.33. The molecule has 1 nitrogen and oxygen atoms in total. The van der Waals surface area contributed by atoms with E-state index in [1.807, 2.05) is 6.92 Å². The summed E-state index contributed by atoms with van der Waals surface area (Å²) in [5, 5.41) is -0.250. The molecule has 1 saturated carbocycles. The minimum absolute atomic E-state index is 0.146. The Morgan fingerprint density at radius 3 is 2.82 bits per heavy atom. The fourth-order valence-electron chi connectivity index (χ4n) is 2.02. The van der Waals surface area contributed by atoms with Crippen LogP contribution in [0.2, 0.25) is 0 Å². The van der Waals surface area contributed by atoms with E-state index >= 15 is 0 Å². The third-order valence-electron chi connectivity index (χ3n) is 2.89. The van der Waals surface area contributed by atoms with Crippen LogP contribution in [0.5, 0.6) is 0 Å². The van der Waals surface area contributed by atoms with Gasteiger partial charge in [-0.05, 0) is 12.3 Å². The molecular weight excluding hydrogens is 160 g/mol. The van der Waals surface area contributed by atoms with E-state index in [4.69, 9.17) is 11.6 Å². The summed E-state index contributed by atoms with van der Waals surface area (Å²) in [5.41, 5.74) is 0. The van der Waals surface area contributed by atoms with Crippen molar-refractivity contribution in [1.82, 2.24) is 0 Å². The third-order valence-corrected chi connectivity index (χ3v) is 3.43. The number of allylic oxidation sites excluding steroid dienone is 2. The van der Waals surface area contributed by atoms with Gasteiger partial charge >= 0.3 is 0 Å². The monoisotopic (exact) mass is 170 g/mol. The van der Waals surface area contributed by atoms with Crippen LogP contribution in [0.25, 0.3) is 0 Å². The number of hydrogen-bond donors (Lipinski definition) is 0. The number of alkyl halides is 1. The molecule has 2 bridgehead atoms. The first-order chi connectivity index (χ1) is 5.20. The quantitative estimate of drug-likeness (QED) is 0.402. The predicted octanol–water partition coefficient (Wildman–Crippen LogP) is 2.00. The first kappa shape index (κ1) is 7.35. The lowest BCUT2D eigenvalue weighted by Crippen LogP contribution is -2.35. The van der Waals surface area contributed by atoms with Gasteiger partial charge in [0.05, 0.1) is 5.38 Å². The average Bonchev–Trinajstić information content (AvgIpc) is 2.44. The molecule has 0 amide bonds. The summed E-state index contributed by atoms with van der Waals surface area (Å²) in [4.78, 5) is 11.4. The molecule has 0 spiro atoms. The van der Waals surface area contributed by atoms with Crippen molar-refractivity contribution in [2.45, 2.75) is 18.7 Å². The van der Waals surface area contributed by atoms with Crippen LogP contribution < -0.4 is 0 Å². The topological polar surface area (TPSA) is 17.1 Å². The van der Waals surface area contributed by atoms with Gasteiger partial charge in [-0.2, -0.15) is 0 Å². The number of Topliss-reactive ketones (excluding diaryl/α,β-unsaturated/α-hetero) is 1. The highest BCUT2D eigenvalue weighted by Crippen LogP contribution is 2.40. The highest BCUT2D eigenvalue weighted by molar-refractivity contribution is 6.32. The summed E-state index contributed by atoms with van der Waals surface area (Å²) >= 11 is 5.95. The van der Waals surface area contributed by atoms with E-state index < -0.39 is 0 Å². The van der Waals surface area contributed by atoms with Crippen LogP contribution in [0.4, 0.5) is 0 Å². The van der Waals surface area contributed by atoms with Gasteiger partial charge in [-0.15, -0.1) is 11.6 Å². The average molecular weight is 171 g/mol. The van der Waals surface area contributed by atoms with Crippen molar-refractivity contribution in [1.29, 1.82) is 0 Å². The van der Waals surface area contributed by atoms with Crippen molar-refractivity contribution >= 4 is 17.4 Å². The maximum Gasteiger partial charge on any atom is 0.154 e. The van der Waals surface area contributed by atoms with Gasteiger partial charge in [0.2, 0.25) is 0 Å². The summed E-state index contributed by atoms with van der Waals surface area (Å²) in [7, 11) is 0. The molecule has 4 atom stereocenters. The van der Waals surface area contributed by atoms with Gasteiger partial charge in [0.15, 0.2) is 5.78 Å². The molecule has 2 aliphatic rings. The lowest BCUT2D eigenvalue weighted by Gasteiger charge is -2.28. The van der Waals surface area contributed by atoms with Crippen molar-refractivity contribution in [2.75, 3.05) is 0 Å². The Balaban J connectivity index is 2.29. The Labute approximate surface area is 71.4 Å². The fourth-order valence-corrected chi connectivity index (χ4v) is 2.40. The maximum absolute atomic E-state index is 11.4. The molecule has 0 N–H and O–H groups in total. The zero-order valence-corrected chi connectivity index (χ0v) is 7.21. The molecule has 2 heteroatoms. The number of rotatable bonds is 0. The smallest absolute Gasteiger partial charge is 0.154 e. The van der Waals surface area contributed by atoms with E-state index in [9.17, 15) is 4.79 Å². The van der Waals surface area contributed by atoms with Crippen LogP contribution in [0.1, 0.15) is 13.3 Å². The van der Waals surface area contributed by atoms with Crippen molar-refractivity contribution in [3.8, 4) is 0 Å². The summed E-state index contributed by atoms with van der Waals surface area (Å²) in [6.45, 7) is 1.98. The second kappa shape index (κ2) is 2.34. The largest absolute Gasteiger partial charge is 0.298 e. The van der Waals surface area contributed by atoms with E-state index in [0.29, 0.717) is 11.8 Å². The van der Waals surface area contributed by atoms with E-state index in [1.165, 1.54) is 0 Å². The predicted molar refractivity (Wildman–Crippen MR) is 44.5 cm³/mol. The molecule has 2 aliphatic carbocycles. The Morgan fingerprint density at radius 2 is 2.09 bits per heavy atom. The van der Waals surface area contributed by atoms with Gasteiger partial charge in [0.1, 0.15) is 0 Å². The number of carbonyl (C=O) groups excluding carboxylic acids is 1. The fraction of sp³-hybridized carbons (Fsp3) is 0.667. The standard InChI is InChI=1S/C9H11ClO/c1-5-6-2-3-7(4-6)8(10)9(5)11/h2-3,5-8H,4H2,1H3/t5-,6-,7+,8-/m0/s1. The summed E-state index contributed by atoms with van der Waals surface area (Å²) in [5.74, 6) is 1.18. The van der Waals surface area contributed by atoms with Crippen molar-refractivity contribution < 1.29 is 4.79 Å². The van der Waals surface area contributed by atoms with E-state index in [0.717, 1.165) is 6.42 Å². The van der Waals surface area contributed by atoms with Crippen molar-refractivity contribution in [2.24, 2.45) is 17.8 Å². The summed E-state index contributed by atoms with van der Waals surface area (Å²) in [6, 6.07) is 0. The first-order valence-corrected chi connectivity index (χ1v) is 4.50.